The maximum atomic E-state index is 13.2. The van der Waals surface area contributed by atoms with Crippen molar-refractivity contribution in [2.75, 3.05) is 21.3 Å². The van der Waals surface area contributed by atoms with Crippen molar-refractivity contribution in [2.24, 2.45) is 5.10 Å². The van der Waals surface area contributed by atoms with Gasteiger partial charge in [0.15, 0.2) is 11.5 Å². The second-order valence-electron chi connectivity index (χ2n) is 6.76. The van der Waals surface area contributed by atoms with Crippen molar-refractivity contribution in [1.82, 2.24) is 9.66 Å². The molecule has 0 N–H and O–H groups in total. The van der Waals surface area contributed by atoms with E-state index in [1.54, 1.807) is 45.7 Å². The third-order valence-corrected chi connectivity index (χ3v) is 5.39. The summed E-state index contributed by atoms with van der Waals surface area (Å²) in [6.07, 6.45) is 2.41. The van der Waals surface area contributed by atoms with E-state index in [-0.39, 0.29) is 11.5 Å². The molecule has 3 rings (SSSR count). The van der Waals surface area contributed by atoms with E-state index in [1.807, 2.05) is 19.1 Å². The lowest BCUT2D eigenvalue weighted by atomic mass is 10.1. The Morgan fingerprint density at radius 3 is 2.37 bits per heavy atom. The summed E-state index contributed by atoms with van der Waals surface area (Å²) in [6.45, 7) is 4.08. The maximum absolute atomic E-state index is 13.2. The molecule has 0 aliphatic carbocycles. The molecule has 3 aromatic rings. The minimum absolute atomic E-state index is 0.0582. The van der Waals surface area contributed by atoms with Crippen molar-refractivity contribution in [3.63, 3.8) is 0 Å². The molecule has 0 aliphatic rings. The zero-order chi connectivity index (χ0) is 21.8. The molecular weight excluding hydrogens is 450 g/mol. The van der Waals surface area contributed by atoms with E-state index in [2.05, 4.69) is 28.0 Å². The molecule has 0 bridgehead atoms. The van der Waals surface area contributed by atoms with Crippen LogP contribution in [0, 0.1) is 0 Å². The van der Waals surface area contributed by atoms with Crippen LogP contribution in [0.4, 0.5) is 0 Å². The first-order valence-corrected chi connectivity index (χ1v) is 10.3. The summed E-state index contributed by atoms with van der Waals surface area (Å²) in [5.74, 6) is 2.18. The lowest BCUT2D eigenvalue weighted by Crippen LogP contribution is -2.23. The van der Waals surface area contributed by atoms with Gasteiger partial charge in [-0.3, -0.25) is 4.79 Å². The number of halogens is 1. The second-order valence-corrected chi connectivity index (χ2v) is 7.68. The predicted molar refractivity (Wildman–Crippen MR) is 121 cm³/mol. The number of methoxy groups -OCH3 is 3. The van der Waals surface area contributed by atoms with Crippen molar-refractivity contribution in [3.8, 4) is 17.2 Å². The molecule has 0 aliphatic heterocycles. The Morgan fingerprint density at radius 1 is 1.13 bits per heavy atom. The van der Waals surface area contributed by atoms with Crippen molar-refractivity contribution in [3.05, 3.63) is 56.5 Å². The molecule has 0 unspecified atom stereocenters. The van der Waals surface area contributed by atoms with Crippen molar-refractivity contribution in [1.29, 1.82) is 0 Å². The molecule has 0 fully saturated rings. The van der Waals surface area contributed by atoms with Gasteiger partial charge in [0.05, 0.1) is 38.4 Å². The Balaban J connectivity index is 2.18. The van der Waals surface area contributed by atoms with Crippen molar-refractivity contribution >= 4 is 33.0 Å². The average molecular weight is 474 g/mol. The molecular formula is C22H24BrN3O4. The van der Waals surface area contributed by atoms with E-state index in [1.165, 1.54) is 4.68 Å². The lowest BCUT2D eigenvalue weighted by molar-refractivity contribution is 0.324. The third kappa shape index (κ3) is 4.18. The molecule has 1 aromatic heterocycles. The fraction of sp³-hybridized carbons (Fsp3) is 0.318. The van der Waals surface area contributed by atoms with Crippen molar-refractivity contribution < 1.29 is 14.2 Å². The number of benzene rings is 2. The monoisotopic (exact) mass is 473 g/mol. The van der Waals surface area contributed by atoms with Crippen LogP contribution < -0.4 is 19.8 Å². The number of ether oxygens (including phenoxy) is 3. The van der Waals surface area contributed by atoms with E-state index >= 15 is 0 Å². The Hall–Kier alpha value is -2.87. The van der Waals surface area contributed by atoms with E-state index in [9.17, 15) is 4.79 Å². The lowest BCUT2D eigenvalue weighted by Gasteiger charge is -2.14. The normalized spacial score (nSPS) is 12.3. The van der Waals surface area contributed by atoms with Gasteiger partial charge in [-0.2, -0.15) is 9.78 Å². The number of rotatable bonds is 7. The highest BCUT2D eigenvalue weighted by Crippen LogP contribution is 2.37. The van der Waals surface area contributed by atoms with Crippen molar-refractivity contribution in [2.45, 2.75) is 26.2 Å². The summed E-state index contributed by atoms with van der Waals surface area (Å²) in [5, 5.41) is 4.98. The van der Waals surface area contributed by atoms with Gasteiger partial charge in [-0.05, 0) is 36.8 Å². The van der Waals surface area contributed by atoms with Crippen LogP contribution in [0.25, 0.3) is 10.9 Å². The van der Waals surface area contributed by atoms with Crippen LogP contribution in [0.2, 0.25) is 0 Å². The Bertz CT molecular complexity index is 1130. The molecule has 0 spiro atoms. The van der Waals surface area contributed by atoms with Gasteiger partial charge < -0.3 is 14.2 Å². The van der Waals surface area contributed by atoms with Gasteiger partial charge in [0.25, 0.3) is 5.56 Å². The largest absolute Gasteiger partial charge is 0.493 e. The topological polar surface area (TPSA) is 74.9 Å². The summed E-state index contributed by atoms with van der Waals surface area (Å²) < 4.78 is 18.3. The highest BCUT2D eigenvalue weighted by Gasteiger charge is 2.16. The fourth-order valence-corrected chi connectivity index (χ4v) is 3.44. The van der Waals surface area contributed by atoms with E-state index in [0.717, 1.165) is 10.9 Å². The van der Waals surface area contributed by atoms with Crippen LogP contribution in [-0.4, -0.2) is 37.2 Å². The van der Waals surface area contributed by atoms with Crippen LogP contribution in [0.1, 0.15) is 37.6 Å². The molecule has 0 saturated carbocycles. The maximum Gasteiger partial charge on any atom is 0.282 e. The summed E-state index contributed by atoms with van der Waals surface area (Å²) in [6, 6.07) is 9.00. The SMILES string of the molecule is CC[C@@H](C)c1nc2ccc(Br)cc2c(=O)n1N=Cc1cc(OC)c(OC)c(OC)c1. The van der Waals surface area contributed by atoms with Gasteiger partial charge in [-0.1, -0.05) is 29.8 Å². The predicted octanol–water partition coefficient (Wildman–Crippen LogP) is 4.58. The van der Waals surface area contributed by atoms with E-state index in [0.29, 0.717) is 39.5 Å². The molecule has 1 heterocycles. The smallest absolute Gasteiger partial charge is 0.282 e. The minimum Gasteiger partial charge on any atom is -0.493 e. The second kappa shape index (κ2) is 9.30. The molecule has 0 radical (unpaired) electrons. The molecule has 0 amide bonds. The molecule has 158 valence electrons. The van der Waals surface area contributed by atoms with Gasteiger partial charge in [0.1, 0.15) is 5.82 Å². The van der Waals surface area contributed by atoms with E-state index in [4.69, 9.17) is 19.2 Å². The summed E-state index contributed by atoms with van der Waals surface area (Å²) in [7, 11) is 4.65. The minimum atomic E-state index is -0.222. The number of fused-ring (bicyclic) bond motifs is 1. The van der Waals surface area contributed by atoms with Crippen LogP contribution >= 0.6 is 15.9 Å². The fourth-order valence-electron chi connectivity index (χ4n) is 3.08. The molecule has 8 heteroatoms. The first-order chi connectivity index (χ1) is 14.4. The number of nitrogens with zero attached hydrogens (tertiary/aromatic N) is 3. The highest BCUT2D eigenvalue weighted by molar-refractivity contribution is 9.10. The summed E-state index contributed by atoms with van der Waals surface area (Å²) in [5.41, 5.74) is 1.12. The molecule has 2 aromatic carbocycles. The highest BCUT2D eigenvalue weighted by atomic mass is 79.9. The van der Waals surface area contributed by atoms with Gasteiger partial charge in [-0.15, -0.1) is 0 Å². The Morgan fingerprint density at radius 2 is 1.80 bits per heavy atom. The molecule has 0 saturated heterocycles. The Labute approximate surface area is 183 Å². The number of hydrogen-bond donors (Lipinski definition) is 0. The van der Waals surface area contributed by atoms with Crippen LogP contribution in [-0.2, 0) is 0 Å². The zero-order valence-electron chi connectivity index (χ0n) is 17.6. The first-order valence-electron chi connectivity index (χ1n) is 9.50. The molecule has 30 heavy (non-hydrogen) atoms. The standard InChI is InChI=1S/C22H24BrN3O4/c1-6-13(2)21-25-17-8-7-15(23)11-16(17)22(27)26(21)24-12-14-9-18(28-3)20(30-5)19(10-14)29-4/h7-13H,6H2,1-5H3/t13-/m1/s1. The van der Waals surface area contributed by atoms with Crippen LogP contribution in [0.3, 0.4) is 0 Å². The summed E-state index contributed by atoms with van der Waals surface area (Å²) >= 11 is 3.42. The van der Waals surface area contributed by atoms with Gasteiger partial charge in [0, 0.05) is 16.0 Å². The van der Waals surface area contributed by atoms with E-state index < -0.39 is 0 Å². The number of hydrogen-bond acceptors (Lipinski definition) is 6. The van der Waals surface area contributed by atoms with Crippen LogP contribution in [0.15, 0.2) is 44.7 Å². The molecule has 1 atom stereocenters. The van der Waals surface area contributed by atoms with Gasteiger partial charge >= 0.3 is 0 Å². The summed E-state index contributed by atoms with van der Waals surface area (Å²) in [4.78, 5) is 17.9. The van der Waals surface area contributed by atoms with Crippen LogP contribution in [0.5, 0.6) is 17.2 Å². The Kier molecular flexibility index (Phi) is 6.77. The quantitative estimate of drug-likeness (QED) is 0.469. The van der Waals surface area contributed by atoms with Gasteiger partial charge in [0.2, 0.25) is 5.75 Å². The zero-order valence-corrected chi connectivity index (χ0v) is 19.2. The number of aromatic nitrogens is 2. The average Bonchev–Trinajstić information content (AvgIpc) is 2.77. The third-order valence-electron chi connectivity index (χ3n) is 4.90. The first kappa shape index (κ1) is 21.8. The molecule has 7 nitrogen and oxygen atoms in total. The van der Waals surface area contributed by atoms with Gasteiger partial charge in [-0.25, -0.2) is 4.98 Å².